The van der Waals surface area contributed by atoms with E-state index in [9.17, 15) is 4.79 Å². The Morgan fingerprint density at radius 3 is 2.68 bits per heavy atom. The van der Waals surface area contributed by atoms with Crippen molar-refractivity contribution in [1.82, 2.24) is 20.0 Å². The van der Waals surface area contributed by atoms with Crippen LogP contribution in [0.4, 0.5) is 0 Å². The first kappa shape index (κ1) is 19.7. The van der Waals surface area contributed by atoms with Crippen LogP contribution < -0.4 is 0 Å². The van der Waals surface area contributed by atoms with Crippen LogP contribution >= 0.6 is 23.4 Å². The van der Waals surface area contributed by atoms with E-state index in [4.69, 9.17) is 20.8 Å². The van der Waals surface area contributed by atoms with Crippen LogP contribution in [-0.2, 0) is 9.53 Å². The second kappa shape index (κ2) is 9.26. The topological polar surface area (TPSA) is 71.7 Å². The zero-order valence-corrected chi connectivity index (χ0v) is 17.1. The number of hydrogen-bond acceptors (Lipinski definition) is 7. The van der Waals surface area contributed by atoms with E-state index in [0.29, 0.717) is 28.0 Å². The van der Waals surface area contributed by atoms with Crippen LogP contribution in [0, 0.1) is 0 Å². The number of halogens is 1. The van der Waals surface area contributed by atoms with Gasteiger partial charge in [-0.05, 0) is 37.1 Å². The number of rotatable bonds is 6. The lowest BCUT2D eigenvalue weighted by atomic mass is 10.2. The van der Waals surface area contributed by atoms with Crippen molar-refractivity contribution < 1.29 is 13.9 Å². The van der Waals surface area contributed by atoms with Gasteiger partial charge < -0.3 is 14.1 Å². The quantitative estimate of drug-likeness (QED) is 0.663. The Balaban J connectivity index is 1.22. The van der Waals surface area contributed by atoms with Crippen LogP contribution in [0.5, 0.6) is 0 Å². The van der Waals surface area contributed by atoms with Crippen molar-refractivity contribution in [3.63, 3.8) is 0 Å². The minimum Gasteiger partial charge on any atom is -0.411 e. The van der Waals surface area contributed by atoms with E-state index >= 15 is 0 Å². The summed E-state index contributed by atoms with van der Waals surface area (Å²) >= 11 is 7.17. The number of amides is 1. The van der Waals surface area contributed by atoms with Crippen molar-refractivity contribution in [2.45, 2.75) is 24.2 Å². The van der Waals surface area contributed by atoms with Crippen molar-refractivity contribution in [3.8, 4) is 11.5 Å². The third kappa shape index (κ3) is 5.05. The fourth-order valence-corrected chi connectivity index (χ4v) is 4.24. The van der Waals surface area contributed by atoms with E-state index in [0.717, 1.165) is 57.7 Å². The maximum atomic E-state index is 12.5. The molecule has 3 heterocycles. The van der Waals surface area contributed by atoms with E-state index < -0.39 is 0 Å². The van der Waals surface area contributed by atoms with Gasteiger partial charge in [0.25, 0.3) is 5.22 Å². The lowest BCUT2D eigenvalue weighted by molar-refractivity contribution is -0.130. The number of benzene rings is 1. The van der Waals surface area contributed by atoms with Crippen LogP contribution in [-0.4, -0.2) is 77.1 Å². The van der Waals surface area contributed by atoms with Crippen molar-refractivity contribution >= 4 is 29.3 Å². The van der Waals surface area contributed by atoms with Gasteiger partial charge in [-0.3, -0.25) is 9.69 Å². The highest BCUT2D eigenvalue weighted by molar-refractivity contribution is 7.99. The first-order valence-corrected chi connectivity index (χ1v) is 10.9. The summed E-state index contributed by atoms with van der Waals surface area (Å²) in [5.41, 5.74) is 0.803. The number of ether oxygens (including phenoxy) is 1. The minimum atomic E-state index is 0.105. The summed E-state index contributed by atoms with van der Waals surface area (Å²) in [6.07, 6.45) is 2.68. The smallest absolute Gasteiger partial charge is 0.277 e. The average molecular weight is 423 g/mol. The highest BCUT2D eigenvalue weighted by Crippen LogP contribution is 2.24. The van der Waals surface area contributed by atoms with Crippen molar-refractivity contribution in [3.05, 3.63) is 29.3 Å². The lowest BCUT2D eigenvalue weighted by Crippen LogP contribution is -2.50. The van der Waals surface area contributed by atoms with Gasteiger partial charge in [0.1, 0.15) is 0 Å². The third-order valence-electron chi connectivity index (χ3n) is 5.03. The van der Waals surface area contributed by atoms with Gasteiger partial charge in [-0.2, -0.15) is 0 Å². The Morgan fingerprint density at radius 1 is 1.18 bits per heavy atom. The van der Waals surface area contributed by atoms with E-state index in [-0.39, 0.29) is 5.91 Å². The molecular formula is C19H23ClN4O3S. The van der Waals surface area contributed by atoms with Gasteiger partial charge in [-0.15, -0.1) is 10.2 Å². The van der Waals surface area contributed by atoms with Gasteiger partial charge in [-0.25, -0.2) is 0 Å². The number of thioether (sulfide) groups is 1. The summed E-state index contributed by atoms with van der Waals surface area (Å²) in [6, 6.07) is 7.20. The second-order valence-electron chi connectivity index (χ2n) is 6.99. The molecule has 0 aliphatic carbocycles. The number of carbonyl (C=O) groups excluding carboxylic acids is 1. The van der Waals surface area contributed by atoms with Gasteiger partial charge in [0, 0.05) is 49.9 Å². The average Bonchev–Trinajstić information content (AvgIpc) is 3.39. The third-order valence-corrected chi connectivity index (χ3v) is 6.08. The van der Waals surface area contributed by atoms with Crippen LogP contribution in [0.15, 0.2) is 33.9 Å². The highest BCUT2D eigenvalue weighted by Gasteiger charge is 2.25. The van der Waals surface area contributed by atoms with Crippen molar-refractivity contribution in [1.29, 1.82) is 0 Å². The highest BCUT2D eigenvalue weighted by atomic mass is 35.5. The monoisotopic (exact) mass is 422 g/mol. The number of aromatic nitrogens is 2. The number of nitrogens with zero attached hydrogens (tertiary/aromatic N) is 4. The predicted molar refractivity (Wildman–Crippen MR) is 107 cm³/mol. The van der Waals surface area contributed by atoms with Gasteiger partial charge in [0.2, 0.25) is 11.8 Å². The largest absolute Gasteiger partial charge is 0.411 e. The van der Waals surface area contributed by atoms with Crippen LogP contribution in [0.25, 0.3) is 11.5 Å². The molecule has 1 aromatic carbocycles. The zero-order valence-electron chi connectivity index (χ0n) is 15.6. The molecule has 1 atom stereocenters. The summed E-state index contributed by atoms with van der Waals surface area (Å²) in [5, 5.41) is 9.11. The molecule has 2 aromatic rings. The molecule has 1 aromatic heterocycles. The number of piperazine rings is 1. The van der Waals surface area contributed by atoms with Gasteiger partial charge in [0.15, 0.2) is 0 Å². The van der Waals surface area contributed by atoms with Crippen LogP contribution in [0.2, 0.25) is 5.02 Å². The molecular weight excluding hydrogens is 400 g/mol. The first-order valence-electron chi connectivity index (χ1n) is 9.51. The molecule has 0 saturated carbocycles. The van der Waals surface area contributed by atoms with Crippen molar-refractivity contribution in [2.75, 3.05) is 45.1 Å². The first-order chi connectivity index (χ1) is 13.7. The number of hydrogen-bond donors (Lipinski definition) is 0. The van der Waals surface area contributed by atoms with E-state index in [1.54, 1.807) is 12.1 Å². The normalized spacial score (nSPS) is 20.6. The summed E-state index contributed by atoms with van der Waals surface area (Å²) < 4.78 is 11.3. The molecule has 28 heavy (non-hydrogen) atoms. The molecule has 4 rings (SSSR count). The molecule has 2 fully saturated rings. The summed E-state index contributed by atoms with van der Waals surface area (Å²) in [4.78, 5) is 16.8. The van der Waals surface area contributed by atoms with E-state index in [1.807, 2.05) is 17.0 Å². The Hall–Kier alpha value is -1.61. The molecule has 2 saturated heterocycles. The van der Waals surface area contributed by atoms with Gasteiger partial charge in [0.05, 0.1) is 11.9 Å². The van der Waals surface area contributed by atoms with Crippen molar-refractivity contribution in [2.24, 2.45) is 0 Å². The Morgan fingerprint density at radius 2 is 1.96 bits per heavy atom. The second-order valence-corrected chi connectivity index (χ2v) is 8.35. The summed E-state index contributed by atoms with van der Waals surface area (Å²) in [5.74, 6) is 0.830. The minimum absolute atomic E-state index is 0.105. The van der Waals surface area contributed by atoms with E-state index in [2.05, 4.69) is 15.1 Å². The molecule has 7 nitrogen and oxygen atoms in total. The molecule has 0 bridgehead atoms. The molecule has 0 N–H and O–H groups in total. The predicted octanol–water partition coefficient (Wildman–Crippen LogP) is 2.81. The van der Waals surface area contributed by atoms with Gasteiger partial charge in [-0.1, -0.05) is 23.4 Å². The van der Waals surface area contributed by atoms with E-state index in [1.165, 1.54) is 11.8 Å². The molecule has 2 aliphatic rings. The van der Waals surface area contributed by atoms with Crippen LogP contribution in [0.3, 0.4) is 0 Å². The van der Waals surface area contributed by atoms with Crippen LogP contribution in [0.1, 0.15) is 12.8 Å². The number of carbonyl (C=O) groups is 1. The maximum absolute atomic E-state index is 12.5. The SMILES string of the molecule is O=C(CSc1nnc(-c2ccc(Cl)cc2)o1)N1CCN(C[C@H]2CCCO2)CC1. The molecule has 0 spiro atoms. The fourth-order valence-electron chi connectivity index (χ4n) is 3.45. The summed E-state index contributed by atoms with van der Waals surface area (Å²) in [6.45, 7) is 5.18. The molecule has 1 amide bonds. The fraction of sp³-hybridized carbons (Fsp3) is 0.526. The molecule has 0 unspecified atom stereocenters. The maximum Gasteiger partial charge on any atom is 0.277 e. The Labute approximate surface area is 173 Å². The Kier molecular flexibility index (Phi) is 6.51. The summed E-state index contributed by atoms with van der Waals surface area (Å²) in [7, 11) is 0. The zero-order chi connectivity index (χ0) is 19.3. The molecule has 9 heteroatoms. The molecule has 2 aliphatic heterocycles. The standard InChI is InChI=1S/C19H23ClN4O3S/c20-15-5-3-14(4-6-15)18-21-22-19(27-18)28-13-17(25)24-9-7-23(8-10-24)12-16-2-1-11-26-16/h3-6,16H,1-2,7-13H2/t16-/m1/s1. The van der Waals surface area contributed by atoms with Gasteiger partial charge >= 0.3 is 0 Å². The molecule has 0 radical (unpaired) electrons. The Bertz CT molecular complexity index is 787. The lowest BCUT2D eigenvalue weighted by Gasteiger charge is -2.35. The molecule has 150 valence electrons.